The molecule has 0 bridgehead atoms. The van der Waals surface area contributed by atoms with Crippen molar-refractivity contribution in [1.29, 1.82) is 0 Å². The van der Waals surface area contributed by atoms with Gasteiger partial charge in [-0.1, -0.05) is 25.1 Å². The molecule has 0 aromatic carbocycles. The van der Waals surface area contributed by atoms with Crippen molar-refractivity contribution in [3.63, 3.8) is 0 Å². The Kier molecular flexibility index (Phi) is 3.59. The molecule has 0 radical (unpaired) electrons. The minimum Gasteiger partial charge on any atom is -0.338 e. The molecule has 2 aliphatic rings. The van der Waals surface area contributed by atoms with E-state index in [2.05, 4.69) is 15.1 Å². The van der Waals surface area contributed by atoms with E-state index in [0.29, 0.717) is 0 Å². The highest BCUT2D eigenvalue weighted by Crippen LogP contribution is 2.69. The lowest BCUT2D eigenvalue weighted by Gasteiger charge is -2.13. The normalized spacial score (nSPS) is 26.0. The van der Waals surface area contributed by atoms with E-state index < -0.39 is 21.6 Å². The Bertz CT molecular complexity index is 995. The van der Waals surface area contributed by atoms with Crippen LogP contribution in [0.25, 0.3) is 0 Å². The van der Waals surface area contributed by atoms with Crippen LogP contribution in [-0.2, 0) is 15.4 Å². The van der Waals surface area contributed by atoms with Crippen LogP contribution in [-0.4, -0.2) is 29.7 Å². The highest BCUT2D eigenvalue weighted by atomic mass is 32.2. The second kappa shape index (κ2) is 5.28. The van der Waals surface area contributed by atoms with Crippen LogP contribution in [0.3, 0.4) is 0 Å². The van der Waals surface area contributed by atoms with Gasteiger partial charge in [0.15, 0.2) is 10.9 Å². The van der Waals surface area contributed by atoms with Gasteiger partial charge in [-0.2, -0.15) is 18.2 Å². The van der Waals surface area contributed by atoms with Gasteiger partial charge in [-0.3, -0.25) is 0 Å². The first-order valence-corrected chi connectivity index (χ1v) is 9.82. The van der Waals surface area contributed by atoms with Crippen LogP contribution >= 0.6 is 0 Å². The van der Waals surface area contributed by atoms with Crippen LogP contribution in [0.2, 0.25) is 0 Å². The Morgan fingerprint density at radius 1 is 1.22 bits per heavy atom. The van der Waals surface area contributed by atoms with Crippen molar-refractivity contribution in [1.82, 2.24) is 15.1 Å². The van der Waals surface area contributed by atoms with Gasteiger partial charge in [-0.15, -0.1) is 0 Å². The molecule has 2 aromatic heterocycles. The summed E-state index contributed by atoms with van der Waals surface area (Å²) in [5.41, 5.74) is -1.60. The molecular weight excluding hydrogens is 385 g/mol. The Morgan fingerprint density at radius 2 is 1.89 bits per heavy atom. The monoisotopic (exact) mass is 402 g/mol. The minimum absolute atomic E-state index is 0.0471. The van der Waals surface area contributed by atoms with Crippen LogP contribution in [0.4, 0.5) is 13.2 Å². The molecule has 0 saturated heterocycles. The van der Waals surface area contributed by atoms with Crippen LogP contribution in [0.15, 0.2) is 27.9 Å². The third kappa shape index (κ3) is 2.75. The molecule has 7 nitrogen and oxygen atoms in total. The molecule has 2 saturated carbocycles. The number of hydrogen-bond acceptors (Lipinski definition) is 6. The molecule has 2 N–H and O–H groups in total. The Hall–Kier alpha value is -2.01. The summed E-state index contributed by atoms with van der Waals surface area (Å²) in [5.74, 6) is -0.521. The van der Waals surface area contributed by atoms with Gasteiger partial charge in [-0.25, -0.2) is 18.5 Å². The van der Waals surface area contributed by atoms with Crippen molar-refractivity contribution in [3.8, 4) is 0 Å². The standard InChI is InChI=1S/C16H17F3N4O3S/c1-14(2)10(8-3-4-9(21-7-8)27(20,24)25)11(14)12-22-13(26-23-12)15(5-6-15)16(17,18)19/h3-4,7,10-11H,5-6H2,1-2H3,(H2,20,24,25). The number of aromatic nitrogens is 3. The Morgan fingerprint density at radius 3 is 2.37 bits per heavy atom. The van der Waals surface area contributed by atoms with Gasteiger partial charge < -0.3 is 4.52 Å². The zero-order valence-electron chi connectivity index (χ0n) is 14.5. The topological polar surface area (TPSA) is 112 Å². The van der Waals surface area contributed by atoms with Gasteiger partial charge in [0, 0.05) is 18.0 Å². The van der Waals surface area contributed by atoms with Gasteiger partial charge in [0.1, 0.15) is 5.41 Å². The number of nitrogens with two attached hydrogens (primary N) is 1. The zero-order valence-corrected chi connectivity index (χ0v) is 15.3. The number of nitrogens with zero attached hydrogens (tertiary/aromatic N) is 3. The first-order valence-electron chi connectivity index (χ1n) is 8.27. The SMILES string of the molecule is CC1(C)C(c2ccc(S(N)(=O)=O)nc2)C1c1noc(C2(C(F)(F)F)CC2)n1. The number of hydrogen-bond donors (Lipinski definition) is 1. The summed E-state index contributed by atoms with van der Waals surface area (Å²) >= 11 is 0. The summed E-state index contributed by atoms with van der Waals surface area (Å²) < 4.78 is 67.3. The van der Waals surface area contributed by atoms with E-state index in [1.165, 1.54) is 12.3 Å². The van der Waals surface area contributed by atoms with Gasteiger partial charge in [-0.05, 0) is 29.9 Å². The molecule has 2 aliphatic carbocycles. The van der Waals surface area contributed by atoms with Crippen LogP contribution in [0.5, 0.6) is 0 Å². The van der Waals surface area contributed by atoms with E-state index in [-0.39, 0.29) is 46.8 Å². The van der Waals surface area contributed by atoms with Crippen LogP contribution in [0.1, 0.15) is 55.8 Å². The molecule has 2 heterocycles. The van der Waals surface area contributed by atoms with Crippen molar-refractivity contribution in [2.45, 2.75) is 55.1 Å². The fourth-order valence-corrected chi connectivity index (χ4v) is 4.24. The molecule has 0 aliphatic heterocycles. The summed E-state index contributed by atoms with van der Waals surface area (Å²) in [6, 6.07) is 2.90. The van der Waals surface area contributed by atoms with Crippen LogP contribution < -0.4 is 5.14 Å². The second-order valence-corrected chi connectivity index (χ2v) is 9.30. The van der Waals surface area contributed by atoms with Gasteiger partial charge in [0.05, 0.1) is 0 Å². The lowest BCUT2D eigenvalue weighted by atomic mass is 10.1. The summed E-state index contributed by atoms with van der Waals surface area (Å²) in [7, 11) is -3.90. The third-order valence-corrected chi connectivity index (χ3v) is 6.48. The predicted molar refractivity (Wildman–Crippen MR) is 86.1 cm³/mol. The maximum atomic E-state index is 13.2. The quantitative estimate of drug-likeness (QED) is 0.841. The molecule has 11 heteroatoms. The van der Waals surface area contributed by atoms with E-state index >= 15 is 0 Å². The molecule has 2 unspecified atom stereocenters. The summed E-state index contributed by atoms with van der Waals surface area (Å²) in [5, 5.41) is 8.60. The molecule has 146 valence electrons. The zero-order chi connectivity index (χ0) is 19.8. The lowest BCUT2D eigenvalue weighted by molar-refractivity contribution is -0.166. The number of alkyl halides is 3. The summed E-state index contributed by atoms with van der Waals surface area (Å²) in [6.07, 6.45) is -3.10. The smallest absolute Gasteiger partial charge is 0.338 e. The van der Waals surface area contributed by atoms with E-state index in [0.717, 1.165) is 5.56 Å². The number of halogens is 3. The van der Waals surface area contributed by atoms with Crippen LogP contribution in [0, 0.1) is 5.41 Å². The number of pyridine rings is 1. The molecule has 0 amide bonds. The Labute approximate surface area is 153 Å². The largest absolute Gasteiger partial charge is 0.403 e. The highest BCUT2D eigenvalue weighted by molar-refractivity contribution is 7.89. The van der Waals surface area contributed by atoms with Crippen molar-refractivity contribution < 1.29 is 26.1 Å². The molecule has 2 fully saturated rings. The maximum Gasteiger partial charge on any atom is 0.403 e. The fraction of sp³-hybridized carbons (Fsp3) is 0.562. The maximum absolute atomic E-state index is 13.2. The number of primary sulfonamides is 1. The van der Waals surface area contributed by atoms with Gasteiger partial charge in [0.25, 0.3) is 10.0 Å². The number of sulfonamides is 1. The fourth-order valence-electron chi connectivity index (χ4n) is 3.78. The van der Waals surface area contributed by atoms with Crippen molar-refractivity contribution in [3.05, 3.63) is 35.6 Å². The lowest BCUT2D eigenvalue weighted by Crippen LogP contribution is -2.29. The van der Waals surface area contributed by atoms with E-state index in [4.69, 9.17) is 9.66 Å². The van der Waals surface area contributed by atoms with E-state index in [9.17, 15) is 21.6 Å². The second-order valence-electron chi connectivity index (χ2n) is 7.79. The van der Waals surface area contributed by atoms with Gasteiger partial charge in [0.2, 0.25) is 5.89 Å². The number of rotatable bonds is 4. The molecule has 2 atom stereocenters. The minimum atomic E-state index is -4.41. The molecule has 0 spiro atoms. The van der Waals surface area contributed by atoms with Crippen molar-refractivity contribution >= 4 is 10.0 Å². The van der Waals surface area contributed by atoms with Crippen molar-refractivity contribution in [2.24, 2.45) is 10.6 Å². The average Bonchev–Trinajstić information content (AvgIpc) is 3.40. The molecule has 2 aromatic rings. The van der Waals surface area contributed by atoms with E-state index in [1.807, 2.05) is 13.8 Å². The average molecular weight is 402 g/mol. The van der Waals surface area contributed by atoms with Crippen molar-refractivity contribution in [2.75, 3.05) is 0 Å². The first-order chi connectivity index (χ1) is 12.4. The molecule has 4 rings (SSSR count). The van der Waals surface area contributed by atoms with E-state index in [1.54, 1.807) is 6.07 Å². The van der Waals surface area contributed by atoms with Gasteiger partial charge >= 0.3 is 6.18 Å². The highest BCUT2D eigenvalue weighted by Gasteiger charge is 2.69. The molecule has 27 heavy (non-hydrogen) atoms. The molecular formula is C16H17F3N4O3S. The Balaban J connectivity index is 1.61. The summed E-state index contributed by atoms with van der Waals surface area (Å²) in [4.78, 5) is 7.93. The first kappa shape index (κ1) is 18.4. The summed E-state index contributed by atoms with van der Waals surface area (Å²) in [6.45, 7) is 3.87. The predicted octanol–water partition coefficient (Wildman–Crippen LogP) is 2.61. The third-order valence-electron chi connectivity index (χ3n) is 5.66.